The first-order valence-electron chi connectivity index (χ1n) is 6.68. The fourth-order valence-electron chi connectivity index (χ4n) is 1.85. The molecule has 0 fully saturated rings. The SMILES string of the molecule is CC(C)c1ccc(C(=O)COc2ccc(F)c(F)c2)cc1. The van der Waals surface area contributed by atoms with Gasteiger partial charge < -0.3 is 4.74 Å². The van der Waals surface area contributed by atoms with Crippen molar-refractivity contribution < 1.29 is 18.3 Å². The molecule has 0 atom stereocenters. The molecule has 0 aromatic heterocycles. The molecule has 0 bridgehead atoms. The second kappa shape index (κ2) is 6.48. The lowest BCUT2D eigenvalue weighted by atomic mass is 10.0. The van der Waals surface area contributed by atoms with E-state index in [9.17, 15) is 13.6 Å². The number of ether oxygens (including phenoxy) is 1. The zero-order valence-electron chi connectivity index (χ0n) is 11.9. The minimum atomic E-state index is -0.999. The highest BCUT2D eigenvalue weighted by Gasteiger charge is 2.09. The maximum Gasteiger partial charge on any atom is 0.200 e. The van der Waals surface area contributed by atoms with Gasteiger partial charge in [-0.2, -0.15) is 0 Å². The number of hydrogen-bond donors (Lipinski definition) is 0. The summed E-state index contributed by atoms with van der Waals surface area (Å²) in [5.74, 6) is -1.64. The Morgan fingerprint density at radius 2 is 1.71 bits per heavy atom. The van der Waals surface area contributed by atoms with Gasteiger partial charge >= 0.3 is 0 Å². The summed E-state index contributed by atoms with van der Waals surface area (Å²) in [6.07, 6.45) is 0. The van der Waals surface area contributed by atoms with Crippen LogP contribution in [-0.4, -0.2) is 12.4 Å². The Kier molecular flexibility index (Phi) is 4.68. The predicted octanol–water partition coefficient (Wildman–Crippen LogP) is 4.35. The van der Waals surface area contributed by atoms with Crippen molar-refractivity contribution in [3.63, 3.8) is 0 Å². The molecule has 0 radical (unpaired) electrons. The van der Waals surface area contributed by atoms with Gasteiger partial charge in [-0.1, -0.05) is 38.1 Å². The Balaban J connectivity index is 1.99. The van der Waals surface area contributed by atoms with Gasteiger partial charge in [-0.05, 0) is 23.6 Å². The quantitative estimate of drug-likeness (QED) is 0.765. The first-order chi connectivity index (χ1) is 9.97. The number of carbonyl (C=O) groups is 1. The molecule has 0 amide bonds. The Morgan fingerprint density at radius 1 is 1.05 bits per heavy atom. The molecular weight excluding hydrogens is 274 g/mol. The van der Waals surface area contributed by atoms with Crippen LogP contribution in [0.15, 0.2) is 42.5 Å². The highest BCUT2D eigenvalue weighted by molar-refractivity contribution is 5.97. The molecule has 2 nitrogen and oxygen atoms in total. The van der Waals surface area contributed by atoms with E-state index in [4.69, 9.17) is 4.74 Å². The summed E-state index contributed by atoms with van der Waals surface area (Å²) in [6, 6.07) is 10.5. The van der Waals surface area contributed by atoms with Gasteiger partial charge in [-0.15, -0.1) is 0 Å². The summed E-state index contributed by atoms with van der Waals surface area (Å²) in [6.45, 7) is 3.93. The number of hydrogen-bond acceptors (Lipinski definition) is 2. The van der Waals surface area contributed by atoms with Crippen LogP contribution in [-0.2, 0) is 0 Å². The van der Waals surface area contributed by atoms with Gasteiger partial charge in [0.05, 0.1) is 0 Å². The van der Waals surface area contributed by atoms with E-state index in [0.29, 0.717) is 11.5 Å². The molecule has 0 heterocycles. The van der Waals surface area contributed by atoms with Crippen molar-refractivity contribution in [2.24, 2.45) is 0 Å². The van der Waals surface area contributed by atoms with Crippen LogP contribution in [0.4, 0.5) is 8.78 Å². The maximum atomic E-state index is 13.0. The minimum Gasteiger partial charge on any atom is -0.485 e. The molecule has 110 valence electrons. The van der Waals surface area contributed by atoms with Crippen molar-refractivity contribution in [2.45, 2.75) is 19.8 Å². The third-order valence-corrected chi connectivity index (χ3v) is 3.16. The van der Waals surface area contributed by atoms with E-state index >= 15 is 0 Å². The maximum absolute atomic E-state index is 13.0. The molecule has 0 aliphatic rings. The van der Waals surface area contributed by atoms with Crippen molar-refractivity contribution >= 4 is 5.78 Å². The summed E-state index contributed by atoms with van der Waals surface area (Å²) in [4.78, 5) is 12.0. The molecule has 0 aliphatic heterocycles. The van der Waals surface area contributed by atoms with Crippen LogP contribution in [0, 0.1) is 11.6 Å². The van der Waals surface area contributed by atoms with E-state index in [1.807, 2.05) is 12.1 Å². The molecule has 21 heavy (non-hydrogen) atoms. The fourth-order valence-corrected chi connectivity index (χ4v) is 1.85. The van der Waals surface area contributed by atoms with E-state index in [0.717, 1.165) is 17.7 Å². The summed E-state index contributed by atoms with van der Waals surface area (Å²) in [7, 11) is 0. The Labute approximate surface area is 122 Å². The van der Waals surface area contributed by atoms with Crippen molar-refractivity contribution in [3.8, 4) is 5.75 Å². The molecule has 0 unspecified atom stereocenters. The number of rotatable bonds is 5. The van der Waals surface area contributed by atoms with Gasteiger partial charge in [0.2, 0.25) is 0 Å². The van der Waals surface area contributed by atoms with E-state index in [2.05, 4.69) is 13.8 Å². The Bertz CT molecular complexity index is 634. The van der Waals surface area contributed by atoms with Crippen LogP contribution in [0.5, 0.6) is 5.75 Å². The minimum absolute atomic E-state index is 0.126. The monoisotopic (exact) mass is 290 g/mol. The van der Waals surface area contributed by atoms with Gasteiger partial charge in [0.25, 0.3) is 0 Å². The van der Waals surface area contributed by atoms with Crippen molar-refractivity contribution in [2.75, 3.05) is 6.61 Å². The van der Waals surface area contributed by atoms with Gasteiger partial charge in [0, 0.05) is 11.6 Å². The topological polar surface area (TPSA) is 26.3 Å². The summed E-state index contributed by atoms with van der Waals surface area (Å²) >= 11 is 0. The first-order valence-corrected chi connectivity index (χ1v) is 6.68. The number of ketones is 1. The smallest absolute Gasteiger partial charge is 0.200 e. The normalized spacial score (nSPS) is 10.7. The van der Waals surface area contributed by atoms with Crippen LogP contribution in [0.3, 0.4) is 0 Å². The lowest BCUT2D eigenvalue weighted by Crippen LogP contribution is -2.11. The highest BCUT2D eigenvalue weighted by Crippen LogP contribution is 2.17. The zero-order valence-corrected chi connectivity index (χ0v) is 11.9. The Hall–Kier alpha value is -2.23. The standard InChI is InChI=1S/C17H16F2O2/c1-11(2)12-3-5-13(6-4-12)17(20)10-21-14-7-8-15(18)16(19)9-14/h3-9,11H,10H2,1-2H3. The van der Waals surface area contributed by atoms with E-state index < -0.39 is 11.6 Å². The van der Waals surface area contributed by atoms with Crippen LogP contribution in [0.25, 0.3) is 0 Å². The second-order valence-electron chi connectivity index (χ2n) is 5.06. The van der Waals surface area contributed by atoms with Crippen LogP contribution in [0.2, 0.25) is 0 Å². The van der Waals surface area contributed by atoms with Crippen molar-refractivity contribution in [3.05, 3.63) is 65.2 Å². The third-order valence-electron chi connectivity index (χ3n) is 3.16. The molecule has 0 spiro atoms. The molecule has 0 aliphatic carbocycles. The van der Waals surface area contributed by atoms with E-state index in [1.54, 1.807) is 12.1 Å². The van der Waals surface area contributed by atoms with Crippen molar-refractivity contribution in [1.82, 2.24) is 0 Å². The van der Waals surface area contributed by atoms with Gasteiger partial charge in [0.1, 0.15) is 5.75 Å². The lowest BCUT2D eigenvalue weighted by Gasteiger charge is -2.08. The average molecular weight is 290 g/mol. The summed E-state index contributed by atoms with van der Waals surface area (Å²) in [5.41, 5.74) is 1.68. The number of carbonyl (C=O) groups excluding carboxylic acids is 1. The van der Waals surface area contributed by atoms with E-state index in [1.165, 1.54) is 6.07 Å². The molecule has 0 saturated carbocycles. The number of Topliss-reactive ketones (excluding diaryl/α,β-unsaturated/α-hetero) is 1. The molecule has 2 aromatic carbocycles. The first kappa shape index (κ1) is 15.2. The third kappa shape index (κ3) is 3.88. The summed E-state index contributed by atoms with van der Waals surface area (Å²) < 4.78 is 31.0. The largest absolute Gasteiger partial charge is 0.485 e. The van der Waals surface area contributed by atoms with Crippen LogP contribution < -0.4 is 4.74 Å². The zero-order chi connectivity index (χ0) is 15.4. The molecule has 2 rings (SSSR count). The average Bonchev–Trinajstić information content (AvgIpc) is 2.48. The summed E-state index contributed by atoms with van der Waals surface area (Å²) in [5, 5.41) is 0. The predicted molar refractivity (Wildman–Crippen MR) is 76.7 cm³/mol. The molecule has 0 saturated heterocycles. The van der Waals surface area contributed by atoms with Crippen molar-refractivity contribution in [1.29, 1.82) is 0 Å². The number of halogens is 2. The lowest BCUT2D eigenvalue weighted by molar-refractivity contribution is 0.0921. The van der Waals surface area contributed by atoms with Gasteiger partial charge in [-0.3, -0.25) is 4.79 Å². The van der Waals surface area contributed by atoms with Gasteiger partial charge in [0.15, 0.2) is 24.0 Å². The van der Waals surface area contributed by atoms with E-state index in [-0.39, 0.29) is 18.1 Å². The number of benzene rings is 2. The Morgan fingerprint density at radius 3 is 2.29 bits per heavy atom. The molecule has 2 aromatic rings. The van der Waals surface area contributed by atoms with Gasteiger partial charge in [-0.25, -0.2) is 8.78 Å². The molecule has 0 N–H and O–H groups in total. The van der Waals surface area contributed by atoms with Crippen LogP contribution >= 0.6 is 0 Å². The molecule has 4 heteroatoms. The fraction of sp³-hybridized carbons (Fsp3) is 0.235. The van der Waals surface area contributed by atoms with Crippen LogP contribution in [0.1, 0.15) is 35.7 Å². The second-order valence-corrected chi connectivity index (χ2v) is 5.06. The highest BCUT2D eigenvalue weighted by atomic mass is 19.2. The molecular formula is C17H16F2O2.